The zero-order valence-electron chi connectivity index (χ0n) is 9.00. The maximum Gasteiger partial charge on any atom is 0.0449 e. The molecule has 80 valence electrons. The number of hydrogen-bond donors (Lipinski definition) is 2. The van der Waals surface area contributed by atoms with Crippen LogP contribution >= 0.6 is 0 Å². The average molecular weight is 202 g/mol. The highest BCUT2D eigenvalue weighted by Gasteiger charge is 2.24. The lowest BCUT2D eigenvalue weighted by Gasteiger charge is -2.27. The van der Waals surface area contributed by atoms with Crippen molar-refractivity contribution in [2.24, 2.45) is 0 Å². The van der Waals surface area contributed by atoms with Gasteiger partial charge < -0.3 is 10.6 Å². The molecule has 0 bridgehead atoms. The van der Waals surface area contributed by atoms with Crippen LogP contribution in [0.2, 0.25) is 0 Å². The van der Waals surface area contributed by atoms with Gasteiger partial charge in [-0.05, 0) is 36.9 Å². The minimum absolute atomic E-state index is 0.524. The van der Waals surface area contributed by atoms with Crippen LogP contribution in [-0.4, -0.2) is 19.1 Å². The third kappa shape index (κ3) is 2.06. The first-order valence-electron chi connectivity index (χ1n) is 5.98. The summed E-state index contributed by atoms with van der Waals surface area (Å²) in [7, 11) is 0. The lowest BCUT2D eigenvalue weighted by molar-refractivity contribution is 0.467. The van der Waals surface area contributed by atoms with Crippen molar-refractivity contribution in [2.45, 2.75) is 31.3 Å². The van der Waals surface area contributed by atoms with Crippen molar-refractivity contribution in [3.63, 3.8) is 0 Å². The highest BCUT2D eigenvalue weighted by Crippen LogP contribution is 2.24. The van der Waals surface area contributed by atoms with E-state index in [1.54, 1.807) is 0 Å². The van der Waals surface area contributed by atoms with Crippen molar-refractivity contribution in [2.75, 3.05) is 13.1 Å². The van der Waals surface area contributed by atoms with Crippen LogP contribution in [0.5, 0.6) is 0 Å². The standard InChI is InChI=1S/C13H18N2/c1-2-4-12-10(3-1)7-8-14-13(12)9-15-11-5-6-11/h1-4,11,13-15H,5-9H2. The lowest BCUT2D eigenvalue weighted by atomic mass is 9.94. The fourth-order valence-electron chi connectivity index (χ4n) is 2.35. The highest BCUT2D eigenvalue weighted by molar-refractivity contribution is 5.32. The molecule has 1 aliphatic heterocycles. The van der Waals surface area contributed by atoms with Gasteiger partial charge in [0, 0.05) is 18.6 Å². The quantitative estimate of drug-likeness (QED) is 0.778. The Morgan fingerprint density at radius 3 is 3.00 bits per heavy atom. The number of nitrogens with one attached hydrogen (secondary N) is 2. The van der Waals surface area contributed by atoms with Crippen molar-refractivity contribution >= 4 is 0 Å². The second-order valence-corrected chi connectivity index (χ2v) is 4.64. The SMILES string of the molecule is c1ccc2c(c1)CCNC2CNC1CC1. The minimum atomic E-state index is 0.524. The van der Waals surface area contributed by atoms with E-state index in [0.29, 0.717) is 6.04 Å². The van der Waals surface area contributed by atoms with E-state index in [-0.39, 0.29) is 0 Å². The van der Waals surface area contributed by atoms with Crippen LogP contribution in [0, 0.1) is 0 Å². The smallest absolute Gasteiger partial charge is 0.0449 e. The summed E-state index contributed by atoms with van der Waals surface area (Å²) in [5, 5.41) is 7.20. The fraction of sp³-hybridized carbons (Fsp3) is 0.538. The molecule has 2 heteroatoms. The zero-order valence-corrected chi connectivity index (χ0v) is 9.00. The van der Waals surface area contributed by atoms with Gasteiger partial charge in [-0.15, -0.1) is 0 Å². The molecule has 1 aliphatic carbocycles. The molecule has 1 unspecified atom stereocenters. The summed E-state index contributed by atoms with van der Waals surface area (Å²) < 4.78 is 0. The van der Waals surface area contributed by atoms with E-state index in [1.165, 1.54) is 30.4 Å². The van der Waals surface area contributed by atoms with Crippen LogP contribution in [0.3, 0.4) is 0 Å². The Hall–Kier alpha value is -0.860. The highest BCUT2D eigenvalue weighted by atomic mass is 15.0. The Kier molecular flexibility index (Phi) is 2.47. The fourth-order valence-corrected chi connectivity index (χ4v) is 2.35. The van der Waals surface area contributed by atoms with Crippen molar-refractivity contribution < 1.29 is 0 Å². The molecule has 2 nitrogen and oxygen atoms in total. The van der Waals surface area contributed by atoms with E-state index in [4.69, 9.17) is 0 Å². The van der Waals surface area contributed by atoms with Gasteiger partial charge in [0.15, 0.2) is 0 Å². The molecular formula is C13H18N2. The summed E-state index contributed by atoms with van der Waals surface area (Å²) in [5.41, 5.74) is 3.02. The van der Waals surface area contributed by atoms with Crippen molar-refractivity contribution in [3.05, 3.63) is 35.4 Å². The largest absolute Gasteiger partial charge is 0.312 e. The molecule has 1 heterocycles. The molecule has 1 atom stereocenters. The van der Waals surface area contributed by atoms with Gasteiger partial charge in [-0.25, -0.2) is 0 Å². The molecule has 3 rings (SSSR count). The van der Waals surface area contributed by atoms with Crippen molar-refractivity contribution in [3.8, 4) is 0 Å². The number of benzene rings is 1. The second kappa shape index (κ2) is 3.95. The van der Waals surface area contributed by atoms with E-state index < -0.39 is 0 Å². The van der Waals surface area contributed by atoms with E-state index in [2.05, 4.69) is 34.9 Å². The molecule has 1 saturated carbocycles. The Bertz CT molecular complexity index is 344. The summed E-state index contributed by atoms with van der Waals surface area (Å²) >= 11 is 0. The first-order valence-corrected chi connectivity index (χ1v) is 5.98. The average Bonchev–Trinajstić information content (AvgIpc) is 3.10. The summed E-state index contributed by atoms with van der Waals surface area (Å²) in [6.45, 7) is 2.20. The Balaban J connectivity index is 1.73. The van der Waals surface area contributed by atoms with Gasteiger partial charge in [0.2, 0.25) is 0 Å². The summed E-state index contributed by atoms with van der Waals surface area (Å²) in [6.07, 6.45) is 3.92. The van der Waals surface area contributed by atoms with Gasteiger partial charge in [0.25, 0.3) is 0 Å². The Morgan fingerprint density at radius 1 is 1.27 bits per heavy atom. The maximum atomic E-state index is 3.60. The van der Waals surface area contributed by atoms with Gasteiger partial charge in [-0.3, -0.25) is 0 Å². The van der Waals surface area contributed by atoms with Gasteiger partial charge >= 0.3 is 0 Å². The first kappa shape index (κ1) is 9.37. The van der Waals surface area contributed by atoms with Gasteiger partial charge in [0.1, 0.15) is 0 Å². The molecule has 0 spiro atoms. The number of hydrogen-bond acceptors (Lipinski definition) is 2. The Morgan fingerprint density at radius 2 is 2.13 bits per heavy atom. The molecule has 0 saturated heterocycles. The minimum Gasteiger partial charge on any atom is -0.312 e. The zero-order chi connectivity index (χ0) is 10.1. The molecular weight excluding hydrogens is 184 g/mol. The predicted octanol–water partition coefficient (Wildman–Crippen LogP) is 1.63. The second-order valence-electron chi connectivity index (χ2n) is 4.64. The number of fused-ring (bicyclic) bond motifs is 1. The molecule has 1 fully saturated rings. The van der Waals surface area contributed by atoms with E-state index in [1.807, 2.05) is 0 Å². The van der Waals surface area contributed by atoms with Gasteiger partial charge in [-0.2, -0.15) is 0 Å². The molecule has 2 N–H and O–H groups in total. The summed E-state index contributed by atoms with van der Waals surface area (Å²) in [4.78, 5) is 0. The van der Waals surface area contributed by atoms with Crippen LogP contribution in [0.15, 0.2) is 24.3 Å². The van der Waals surface area contributed by atoms with Crippen LogP contribution in [0.1, 0.15) is 30.0 Å². The molecule has 0 amide bonds. The maximum absolute atomic E-state index is 3.60. The van der Waals surface area contributed by atoms with Gasteiger partial charge in [0.05, 0.1) is 0 Å². The van der Waals surface area contributed by atoms with Crippen molar-refractivity contribution in [1.82, 2.24) is 10.6 Å². The number of rotatable bonds is 3. The molecule has 2 aliphatic rings. The molecule has 1 aromatic carbocycles. The third-order valence-corrected chi connectivity index (χ3v) is 3.40. The van der Waals surface area contributed by atoms with E-state index in [0.717, 1.165) is 19.1 Å². The van der Waals surface area contributed by atoms with Crippen molar-refractivity contribution in [1.29, 1.82) is 0 Å². The summed E-state index contributed by atoms with van der Waals surface area (Å²) in [6, 6.07) is 10.2. The molecule has 15 heavy (non-hydrogen) atoms. The molecule has 0 radical (unpaired) electrons. The van der Waals surface area contributed by atoms with E-state index >= 15 is 0 Å². The first-order chi connectivity index (χ1) is 7.43. The predicted molar refractivity (Wildman–Crippen MR) is 61.9 cm³/mol. The lowest BCUT2D eigenvalue weighted by Crippen LogP contribution is -2.37. The molecule has 0 aromatic heterocycles. The molecule has 1 aromatic rings. The topological polar surface area (TPSA) is 24.1 Å². The van der Waals surface area contributed by atoms with Crippen LogP contribution in [0.4, 0.5) is 0 Å². The normalized spacial score (nSPS) is 24.9. The van der Waals surface area contributed by atoms with Crippen LogP contribution < -0.4 is 10.6 Å². The Labute approximate surface area is 91.1 Å². The van der Waals surface area contributed by atoms with Gasteiger partial charge in [-0.1, -0.05) is 24.3 Å². The third-order valence-electron chi connectivity index (χ3n) is 3.40. The monoisotopic (exact) mass is 202 g/mol. The van der Waals surface area contributed by atoms with Crippen LogP contribution in [0.25, 0.3) is 0 Å². The summed E-state index contributed by atoms with van der Waals surface area (Å²) in [5.74, 6) is 0. The van der Waals surface area contributed by atoms with E-state index in [9.17, 15) is 0 Å². The van der Waals surface area contributed by atoms with Crippen LogP contribution in [-0.2, 0) is 6.42 Å².